The summed E-state index contributed by atoms with van der Waals surface area (Å²) in [6.07, 6.45) is -0.0678. The third-order valence-corrected chi connectivity index (χ3v) is 3.94. The van der Waals surface area contributed by atoms with Crippen LogP contribution in [0.15, 0.2) is 18.2 Å². The van der Waals surface area contributed by atoms with Gasteiger partial charge in [0.15, 0.2) is 0 Å². The third-order valence-electron chi connectivity index (χ3n) is 3.94. The van der Waals surface area contributed by atoms with E-state index in [1.165, 1.54) is 6.07 Å². The van der Waals surface area contributed by atoms with Gasteiger partial charge < -0.3 is 10.0 Å². The van der Waals surface area contributed by atoms with E-state index in [0.29, 0.717) is 19.5 Å². The molecule has 1 aliphatic rings. The topological polar surface area (TPSA) is 83.7 Å². The van der Waals surface area contributed by atoms with E-state index in [0.717, 1.165) is 11.1 Å². The van der Waals surface area contributed by atoms with E-state index in [-0.39, 0.29) is 28.9 Å². The maximum atomic E-state index is 12.2. The number of fused-ring (bicyclic) bond motifs is 1. The fraction of sp³-hybridized carbons (Fsp3) is 0.533. The molecule has 6 heteroatoms. The van der Waals surface area contributed by atoms with Gasteiger partial charge in [0.25, 0.3) is 5.69 Å². The molecule has 0 aromatic heterocycles. The van der Waals surface area contributed by atoms with Crippen molar-refractivity contribution in [3.63, 3.8) is 0 Å². The number of amides is 1. The van der Waals surface area contributed by atoms with E-state index in [1.807, 2.05) is 19.9 Å². The average molecular weight is 292 g/mol. The highest BCUT2D eigenvalue weighted by atomic mass is 16.6. The van der Waals surface area contributed by atoms with Crippen LogP contribution in [0, 0.1) is 16.0 Å². The van der Waals surface area contributed by atoms with E-state index < -0.39 is 6.10 Å². The third kappa shape index (κ3) is 3.39. The van der Waals surface area contributed by atoms with Crippen molar-refractivity contribution in [2.24, 2.45) is 5.92 Å². The van der Waals surface area contributed by atoms with Crippen LogP contribution in [0.1, 0.15) is 31.4 Å². The predicted octanol–water partition coefficient (Wildman–Crippen LogP) is 1.89. The lowest BCUT2D eigenvalue weighted by molar-refractivity contribution is -0.385. The van der Waals surface area contributed by atoms with Gasteiger partial charge >= 0.3 is 0 Å². The second-order valence-corrected chi connectivity index (χ2v) is 5.75. The predicted molar refractivity (Wildman–Crippen MR) is 77.7 cm³/mol. The largest absolute Gasteiger partial charge is 0.392 e. The monoisotopic (exact) mass is 292 g/mol. The van der Waals surface area contributed by atoms with E-state index in [9.17, 15) is 20.0 Å². The zero-order valence-corrected chi connectivity index (χ0v) is 12.3. The average Bonchev–Trinajstić information content (AvgIpc) is 2.45. The minimum absolute atomic E-state index is 0.0344. The first-order valence-corrected chi connectivity index (χ1v) is 7.11. The number of hydrogen-bond acceptors (Lipinski definition) is 4. The van der Waals surface area contributed by atoms with Crippen molar-refractivity contribution >= 4 is 11.6 Å². The molecule has 1 N–H and O–H groups in total. The molecule has 0 radical (unpaired) electrons. The second kappa shape index (κ2) is 6.22. The normalized spacial score (nSPS) is 15.7. The first-order chi connectivity index (χ1) is 9.90. The molecule has 0 spiro atoms. The van der Waals surface area contributed by atoms with Gasteiger partial charge in [-0.05, 0) is 17.9 Å². The van der Waals surface area contributed by atoms with Crippen molar-refractivity contribution < 1.29 is 14.8 Å². The Hall–Kier alpha value is -1.95. The Labute approximate surface area is 123 Å². The fourth-order valence-corrected chi connectivity index (χ4v) is 2.52. The quantitative estimate of drug-likeness (QED) is 0.678. The van der Waals surface area contributed by atoms with E-state index in [4.69, 9.17) is 0 Å². The number of aliphatic hydroxyl groups excluding tert-OH is 1. The Bertz CT molecular complexity index is 557. The Morgan fingerprint density at radius 1 is 1.48 bits per heavy atom. The second-order valence-electron chi connectivity index (χ2n) is 5.75. The summed E-state index contributed by atoms with van der Waals surface area (Å²) in [5.74, 6) is -0.0690. The molecule has 1 heterocycles. The molecule has 21 heavy (non-hydrogen) atoms. The van der Waals surface area contributed by atoms with Crippen LogP contribution in [0.4, 0.5) is 5.69 Å². The smallest absolute Gasteiger partial charge is 0.272 e. The Morgan fingerprint density at radius 2 is 2.19 bits per heavy atom. The molecule has 0 fully saturated rings. The molecular formula is C15H20N2O4. The van der Waals surface area contributed by atoms with Gasteiger partial charge in [0.05, 0.1) is 17.4 Å². The van der Waals surface area contributed by atoms with Crippen molar-refractivity contribution in [2.75, 3.05) is 6.54 Å². The van der Waals surface area contributed by atoms with Crippen LogP contribution >= 0.6 is 0 Å². The number of benzene rings is 1. The summed E-state index contributed by atoms with van der Waals surface area (Å²) >= 11 is 0. The van der Waals surface area contributed by atoms with Crippen molar-refractivity contribution in [3.8, 4) is 0 Å². The molecule has 2 rings (SSSR count). The molecule has 1 amide bonds. The van der Waals surface area contributed by atoms with E-state index in [1.54, 1.807) is 11.0 Å². The van der Waals surface area contributed by atoms with Crippen molar-refractivity contribution in [3.05, 3.63) is 39.4 Å². The Balaban J connectivity index is 2.11. The maximum Gasteiger partial charge on any atom is 0.272 e. The van der Waals surface area contributed by atoms with E-state index >= 15 is 0 Å². The number of nitro benzene ring substituents is 1. The van der Waals surface area contributed by atoms with Gasteiger partial charge in [0.2, 0.25) is 5.91 Å². The fourth-order valence-electron chi connectivity index (χ4n) is 2.52. The van der Waals surface area contributed by atoms with Gasteiger partial charge in [-0.25, -0.2) is 0 Å². The van der Waals surface area contributed by atoms with Crippen LogP contribution in [0.3, 0.4) is 0 Å². The zero-order valence-electron chi connectivity index (χ0n) is 12.3. The van der Waals surface area contributed by atoms with Crippen molar-refractivity contribution in [1.82, 2.24) is 4.90 Å². The minimum Gasteiger partial charge on any atom is -0.392 e. The van der Waals surface area contributed by atoms with Gasteiger partial charge in [-0.2, -0.15) is 0 Å². The minimum atomic E-state index is -0.649. The van der Waals surface area contributed by atoms with Crippen LogP contribution in [0.5, 0.6) is 0 Å². The number of nitro groups is 1. The van der Waals surface area contributed by atoms with E-state index in [2.05, 4.69) is 0 Å². The lowest BCUT2D eigenvalue weighted by atomic mass is 9.97. The first-order valence-electron chi connectivity index (χ1n) is 7.11. The number of rotatable bonds is 4. The summed E-state index contributed by atoms with van der Waals surface area (Å²) < 4.78 is 0. The zero-order chi connectivity index (χ0) is 15.6. The number of carbonyl (C=O) groups is 1. The van der Waals surface area contributed by atoms with Gasteiger partial charge in [0, 0.05) is 24.7 Å². The summed E-state index contributed by atoms with van der Waals surface area (Å²) in [5.41, 5.74) is 1.67. The molecule has 1 aliphatic heterocycles. The standard InChI is InChI=1S/C15H20N2O4/c1-10(2)14(18)8-15(19)16-7-6-12-11(9-16)4-3-5-13(12)17(20)21/h3-5,10,14,18H,6-9H2,1-2H3. The number of aliphatic hydroxyl groups is 1. The molecule has 0 saturated heterocycles. The Morgan fingerprint density at radius 3 is 2.81 bits per heavy atom. The molecule has 1 aromatic rings. The highest BCUT2D eigenvalue weighted by Crippen LogP contribution is 2.28. The molecule has 0 bridgehead atoms. The first kappa shape index (κ1) is 15.4. The van der Waals surface area contributed by atoms with Crippen LogP contribution in [0.25, 0.3) is 0 Å². The summed E-state index contributed by atoms with van der Waals surface area (Å²) in [7, 11) is 0. The summed E-state index contributed by atoms with van der Waals surface area (Å²) in [4.78, 5) is 24.5. The van der Waals surface area contributed by atoms with Gasteiger partial charge in [-0.3, -0.25) is 14.9 Å². The molecule has 0 saturated carbocycles. The highest BCUT2D eigenvalue weighted by molar-refractivity contribution is 5.77. The molecule has 6 nitrogen and oxygen atoms in total. The van der Waals surface area contributed by atoms with Crippen LogP contribution in [-0.4, -0.2) is 33.5 Å². The molecule has 1 unspecified atom stereocenters. The number of carbonyl (C=O) groups excluding carboxylic acids is 1. The van der Waals surface area contributed by atoms with Gasteiger partial charge in [-0.1, -0.05) is 26.0 Å². The van der Waals surface area contributed by atoms with Crippen LogP contribution < -0.4 is 0 Å². The summed E-state index contributed by atoms with van der Waals surface area (Å²) in [6.45, 7) is 4.57. The highest BCUT2D eigenvalue weighted by Gasteiger charge is 2.27. The van der Waals surface area contributed by atoms with Crippen molar-refractivity contribution in [2.45, 2.75) is 39.3 Å². The van der Waals surface area contributed by atoms with Gasteiger partial charge in [0.1, 0.15) is 0 Å². The summed E-state index contributed by atoms with van der Waals surface area (Å²) in [6, 6.07) is 4.97. The van der Waals surface area contributed by atoms with Crippen LogP contribution in [0.2, 0.25) is 0 Å². The van der Waals surface area contributed by atoms with Crippen molar-refractivity contribution in [1.29, 1.82) is 0 Å². The lowest BCUT2D eigenvalue weighted by Gasteiger charge is -2.29. The SMILES string of the molecule is CC(C)C(O)CC(=O)N1CCc2c(cccc2[N+](=O)[O-])C1. The molecule has 0 aliphatic carbocycles. The lowest BCUT2D eigenvalue weighted by Crippen LogP contribution is -2.38. The number of hydrogen-bond donors (Lipinski definition) is 1. The summed E-state index contributed by atoms with van der Waals surface area (Å²) in [5, 5.41) is 20.8. The number of nitrogens with zero attached hydrogens (tertiary/aromatic N) is 2. The molecule has 1 aromatic carbocycles. The molecule has 114 valence electrons. The Kier molecular flexibility index (Phi) is 4.57. The van der Waals surface area contributed by atoms with Crippen LogP contribution in [-0.2, 0) is 17.8 Å². The van der Waals surface area contributed by atoms with Gasteiger partial charge in [-0.15, -0.1) is 0 Å². The maximum absolute atomic E-state index is 12.2. The molecule has 1 atom stereocenters. The molecular weight excluding hydrogens is 272 g/mol.